The predicted octanol–water partition coefficient (Wildman–Crippen LogP) is 1.99. The van der Waals surface area contributed by atoms with E-state index >= 15 is 0 Å². The minimum absolute atomic E-state index is 0.0679. The molecule has 6 nitrogen and oxygen atoms in total. The van der Waals surface area contributed by atoms with E-state index in [0.717, 1.165) is 24.5 Å². The van der Waals surface area contributed by atoms with Crippen LogP contribution in [0.25, 0.3) is 0 Å². The van der Waals surface area contributed by atoms with Crippen LogP contribution in [0.15, 0.2) is 30.6 Å². The monoisotopic (exact) mass is 344 g/mol. The molecule has 0 bridgehead atoms. The maximum atomic E-state index is 13.0. The molecule has 132 valence electrons. The van der Waals surface area contributed by atoms with Crippen LogP contribution in [0.4, 0.5) is 10.3 Å². The minimum Gasteiger partial charge on any atom is -0.380 e. The molecule has 2 saturated heterocycles. The summed E-state index contributed by atoms with van der Waals surface area (Å²) in [6.07, 6.45) is 2.42. The number of aromatic nitrogens is 3. The summed E-state index contributed by atoms with van der Waals surface area (Å²) in [5, 5.41) is 0. The Kier molecular flexibility index (Phi) is 4.35. The second-order valence-corrected chi connectivity index (χ2v) is 6.92. The first-order valence-electron chi connectivity index (χ1n) is 8.45. The molecule has 0 N–H and O–H groups in total. The zero-order valence-electron chi connectivity index (χ0n) is 14.2. The maximum absolute atomic E-state index is 13.0. The molecule has 0 unspecified atom stereocenters. The first-order valence-corrected chi connectivity index (χ1v) is 8.45. The van der Waals surface area contributed by atoms with Gasteiger partial charge in [0.05, 0.1) is 44.5 Å². The van der Waals surface area contributed by atoms with Crippen molar-refractivity contribution in [3.63, 3.8) is 0 Å². The summed E-state index contributed by atoms with van der Waals surface area (Å²) in [4.78, 5) is 14.8. The Hall–Kier alpha value is -2.12. The summed E-state index contributed by atoms with van der Waals surface area (Å²) in [5.41, 5.74) is 1.85. The molecule has 7 heteroatoms. The Labute approximate surface area is 146 Å². The molecule has 2 aliphatic rings. The topological polar surface area (TPSA) is 60.4 Å². The highest BCUT2D eigenvalue weighted by atomic mass is 19.1. The summed E-state index contributed by atoms with van der Waals surface area (Å²) in [6.45, 7) is 6.00. The largest absolute Gasteiger partial charge is 0.380 e. The number of hydrogen-bond donors (Lipinski definition) is 0. The van der Waals surface area contributed by atoms with Crippen molar-refractivity contribution < 1.29 is 13.9 Å². The third kappa shape index (κ3) is 3.34. The summed E-state index contributed by atoms with van der Waals surface area (Å²) < 4.78 is 24.8. The molecule has 0 spiro atoms. The van der Waals surface area contributed by atoms with Gasteiger partial charge in [-0.1, -0.05) is 6.07 Å². The Balaban J connectivity index is 1.41. The lowest BCUT2D eigenvalue weighted by molar-refractivity contribution is 0.0250. The van der Waals surface area contributed by atoms with Gasteiger partial charge in [0, 0.05) is 30.1 Å². The van der Waals surface area contributed by atoms with Gasteiger partial charge in [0.25, 0.3) is 0 Å². The highest BCUT2D eigenvalue weighted by molar-refractivity contribution is 5.33. The molecule has 0 radical (unpaired) electrons. The van der Waals surface area contributed by atoms with Crippen LogP contribution >= 0.6 is 0 Å². The number of hydrogen-bond acceptors (Lipinski definition) is 6. The summed E-state index contributed by atoms with van der Waals surface area (Å²) >= 11 is 0. The number of aryl methyl sites for hydroxylation is 1. The zero-order chi connectivity index (χ0) is 17.3. The van der Waals surface area contributed by atoms with E-state index in [1.54, 1.807) is 0 Å². The minimum atomic E-state index is -0.421. The maximum Gasteiger partial charge on any atom is 0.225 e. The van der Waals surface area contributed by atoms with Crippen molar-refractivity contribution >= 4 is 5.95 Å². The van der Waals surface area contributed by atoms with Crippen LogP contribution in [0.3, 0.4) is 0 Å². The zero-order valence-corrected chi connectivity index (χ0v) is 14.2. The number of fused-ring (bicyclic) bond motifs is 1. The molecule has 4 heterocycles. The molecule has 2 aromatic rings. The summed E-state index contributed by atoms with van der Waals surface area (Å²) in [7, 11) is 0. The van der Waals surface area contributed by atoms with Crippen LogP contribution in [0, 0.1) is 24.1 Å². The Morgan fingerprint density at radius 2 is 2.20 bits per heavy atom. The SMILES string of the molecule is Cc1cccc(COC[C@]23COC[C@H]2CN(c2ncc(F)cn2)C3)n1. The highest BCUT2D eigenvalue weighted by Gasteiger charge is 2.51. The smallest absolute Gasteiger partial charge is 0.225 e. The number of ether oxygens (including phenoxy) is 2. The van der Waals surface area contributed by atoms with Crippen molar-refractivity contribution in [2.24, 2.45) is 11.3 Å². The van der Waals surface area contributed by atoms with E-state index in [4.69, 9.17) is 9.47 Å². The van der Waals surface area contributed by atoms with Crippen molar-refractivity contribution in [2.45, 2.75) is 13.5 Å². The van der Waals surface area contributed by atoms with Gasteiger partial charge in [0.2, 0.25) is 5.95 Å². The third-order valence-electron chi connectivity index (χ3n) is 5.00. The molecule has 2 aliphatic heterocycles. The molecule has 2 atom stereocenters. The number of pyridine rings is 1. The van der Waals surface area contributed by atoms with Crippen molar-refractivity contribution in [3.05, 3.63) is 47.8 Å². The average molecular weight is 344 g/mol. The predicted molar refractivity (Wildman–Crippen MR) is 89.6 cm³/mol. The Bertz CT molecular complexity index is 742. The molecule has 0 saturated carbocycles. The van der Waals surface area contributed by atoms with Gasteiger partial charge in [0.1, 0.15) is 0 Å². The van der Waals surface area contributed by atoms with Crippen molar-refractivity contribution in [2.75, 3.05) is 37.8 Å². The standard InChI is InChI=1S/C18H21FN4O2/c1-13-3-2-4-16(22-13)9-25-12-18-10-23(7-14(18)8-24-11-18)17-20-5-15(19)6-21-17/h2-6,14H,7-12H2,1H3/t14-,18+/m1/s1. The van der Waals surface area contributed by atoms with Gasteiger partial charge in [0.15, 0.2) is 5.82 Å². The molecule has 25 heavy (non-hydrogen) atoms. The average Bonchev–Trinajstić information content (AvgIpc) is 3.13. The van der Waals surface area contributed by atoms with Gasteiger partial charge in [-0.3, -0.25) is 4.98 Å². The van der Waals surface area contributed by atoms with Crippen molar-refractivity contribution in [1.29, 1.82) is 0 Å². The molecule has 0 amide bonds. The van der Waals surface area contributed by atoms with E-state index in [9.17, 15) is 4.39 Å². The van der Waals surface area contributed by atoms with E-state index in [1.165, 1.54) is 12.4 Å². The molecule has 4 rings (SSSR count). The van der Waals surface area contributed by atoms with Crippen molar-refractivity contribution in [1.82, 2.24) is 15.0 Å². The first kappa shape index (κ1) is 16.4. The van der Waals surface area contributed by atoms with Gasteiger partial charge in [-0.25, -0.2) is 14.4 Å². The fourth-order valence-corrected chi connectivity index (χ4v) is 3.70. The Morgan fingerprint density at radius 1 is 1.36 bits per heavy atom. The molecular formula is C18H21FN4O2. The third-order valence-corrected chi connectivity index (χ3v) is 5.00. The van der Waals surface area contributed by atoms with E-state index < -0.39 is 5.82 Å². The number of rotatable bonds is 5. The van der Waals surface area contributed by atoms with Gasteiger partial charge in [-0.2, -0.15) is 0 Å². The molecule has 2 fully saturated rings. The highest BCUT2D eigenvalue weighted by Crippen LogP contribution is 2.42. The quantitative estimate of drug-likeness (QED) is 0.827. The fraction of sp³-hybridized carbons (Fsp3) is 0.500. The fourth-order valence-electron chi connectivity index (χ4n) is 3.70. The van der Waals surface area contributed by atoms with Gasteiger partial charge in [-0.15, -0.1) is 0 Å². The summed E-state index contributed by atoms with van der Waals surface area (Å²) in [5.74, 6) is 0.511. The van der Waals surface area contributed by atoms with Gasteiger partial charge >= 0.3 is 0 Å². The summed E-state index contributed by atoms with van der Waals surface area (Å²) in [6, 6.07) is 5.94. The van der Waals surface area contributed by atoms with Crippen LogP contribution in [0.2, 0.25) is 0 Å². The molecule has 0 aliphatic carbocycles. The second-order valence-electron chi connectivity index (χ2n) is 6.92. The first-order chi connectivity index (χ1) is 12.1. The number of halogens is 1. The van der Waals surface area contributed by atoms with Crippen LogP contribution in [-0.2, 0) is 16.1 Å². The number of nitrogens with zero attached hydrogens (tertiary/aromatic N) is 4. The van der Waals surface area contributed by atoms with Gasteiger partial charge in [-0.05, 0) is 19.1 Å². The number of anilines is 1. The Morgan fingerprint density at radius 3 is 3.00 bits per heavy atom. The van der Waals surface area contributed by atoms with Gasteiger partial charge < -0.3 is 14.4 Å². The lowest BCUT2D eigenvalue weighted by Gasteiger charge is -2.26. The molecular weight excluding hydrogens is 323 g/mol. The lowest BCUT2D eigenvalue weighted by atomic mass is 9.82. The van der Waals surface area contributed by atoms with E-state index in [2.05, 4.69) is 19.9 Å². The van der Waals surface area contributed by atoms with E-state index in [1.807, 2.05) is 25.1 Å². The van der Waals surface area contributed by atoms with Crippen LogP contribution < -0.4 is 4.90 Å². The molecule has 2 aromatic heterocycles. The molecule has 0 aromatic carbocycles. The van der Waals surface area contributed by atoms with Crippen LogP contribution in [0.5, 0.6) is 0 Å². The van der Waals surface area contributed by atoms with Crippen LogP contribution in [-0.4, -0.2) is 47.9 Å². The van der Waals surface area contributed by atoms with Crippen LogP contribution in [0.1, 0.15) is 11.4 Å². The lowest BCUT2D eigenvalue weighted by Crippen LogP contribution is -2.36. The van der Waals surface area contributed by atoms with E-state index in [0.29, 0.717) is 38.3 Å². The van der Waals surface area contributed by atoms with Crippen molar-refractivity contribution in [3.8, 4) is 0 Å². The van der Waals surface area contributed by atoms with E-state index in [-0.39, 0.29) is 5.41 Å². The normalized spacial score (nSPS) is 25.4. The second kappa shape index (κ2) is 6.65.